The number of aromatic nitrogens is 2. The molecular weight excluding hydrogens is 390 g/mol. The summed E-state index contributed by atoms with van der Waals surface area (Å²) in [5.74, 6) is 1.24. The van der Waals surface area contributed by atoms with Gasteiger partial charge in [-0.15, -0.1) is 0 Å². The summed E-state index contributed by atoms with van der Waals surface area (Å²) in [5.41, 5.74) is 5.79. The highest BCUT2D eigenvalue weighted by molar-refractivity contribution is 6.02. The summed E-state index contributed by atoms with van der Waals surface area (Å²) < 4.78 is 16.6. The molecule has 10 heteroatoms. The molecule has 2 amide bonds. The Morgan fingerprint density at radius 3 is 2.60 bits per heavy atom. The molecule has 0 saturated heterocycles. The molecule has 0 fully saturated rings. The number of ether oxygens (including phenoxy) is 3. The number of hydrazine groups is 1. The first-order valence-electron chi connectivity index (χ1n) is 9.21. The van der Waals surface area contributed by atoms with E-state index in [1.165, 1.54) is 13.3 Å². The van der Waals surface area contributed by atoms with E-state index in [1.54, 1.807) is 37.4 Å². The van der Waals surface area contributed by atoms with Crippen molar-refractivity contribution in [1.29, 1.82) is 0 Å². The number of fused-ring (bicyclic) bond motifs is 2. The molecule has 0 saturated carbocycles. The number of nitrogens with one attached hydrogen (secondary N) is 2. The molecule has 0 radical (unpaired) electrons. The lowest BCUT2D eigenvalue weighted by atomic mass is 10.1. The summed E-state index contributed by atoms with van der Waals surface area (Å²) in [5, 5.41) is 9.22. The topological polar surface area (TPSA) is 107 Å². The lowest BCUT2D eigenvalue weighted by Gasteiger charge is -2.21. The second-order valence-corrected chi connectivity index (χ2v) is 6.57. The number of carbonyl (C=O) groups excluding carboxylic acids is 2. The first kappa shape index (κ1) is 19.4. The number of urea groups is 1. The molecule has 0 bridgehead atoms. The molecule has 0 atom stereocenters. The highest BCUT2D eigenvalue weighted by Gasteiger charge is 2.24. The molecule has 156 valence electrons. The minimum absolute atomic E-state index is 0.420. The summed E-state index contributed by atoms with van der Waals surface area (Å²) in [6.45, 7) is 0.615. The van der Waals surface area contributed by atoms with Crippen LogP contribution in [0.3, 0.4) is 0 Å². The van der Waals surface area contributed by atoms with E-state index in [0.717, 1.165) is 22.4 Å². The van der Waals surface area contributed by atoms with Gasteiger partial charge in [-0.05, 0) is 30.2 Å². The van der Waals surface area contributed by atoms with E-state index >= 15 is 0 Å². The second-order valence-electron chi connectivity index (χ2n) is 6.57. The molecule has 10 nitrogen and oxygen atoms in total. The Bertz CT molecular complexity index is 1130. The van der Waals surface area contributed by atoms with E-state index in [-0.39, 0.29) is 0 Å². The number of carbonyl (C=O) groups is 2. The Labute approximate surface area is 172 Å². The van der Waals surface area contributed by atoms with Crippen LogP contribution >= 0.6 is 0 Å². The number of benzene rings is 2. The molecule has 2 heterocycles. The van der Waals surface area contributed by atoms with Gasteiger partial charge in [0.25, 0.3) is 0 Å². The zero-order chi connectivity index (χ0) is 21.3. The van der Waals surface area contributed by atoms with E-state index in [1.807, 2.05) is 12.1 Å². The van der Waals surface area contributed by atoms with Crippen LogP contribution in [0.15, 0.2) is 36.5 Å². The second kappa shape index (κ2) is 7.82. The van der Waals surface area contributed by atoms with Crippen LogP contribution in [0.2, 0.25) is 0 Å². The molecule has 0 aliphatic carbocycles. The van der Waals surface area contributed by atoms with E-state index in [2.05, 4.69) is 15.8 Å². The van der Waals surface area contributed by atoms with Gasteiger partial charge in [-0.2, -0.15) is 9.78 Å². The zero-order valence-corrected chi connectivity index (χ0v) is 16.8. The average molecular weight is 411 g/mol. The fourth-order valence-electron chi connectivity index (χ4n) is 3.50. The predicted molar refractivity (Wildman–Crippen MR) is 110 cm³/mol. The molecular formula is C20H21N5O5. The number of amides is 2. The minimum atomic E-state index is -0.607. The van der Waals surface area contributed by atoms with E-state index in [4.69, 9.17) is 14.2 Å². The Hall–Kier alpha value is -3.95. The van der Waals surface area contributed by atoms with Gasteiger partial charge in [-0.3, -0.25) is 5.01 Å². The smallest absolute Gasteiger partial charge is 0.434 e. The van der Waals surface area contributed by atoms with Crippen molar-refractivity contribution in [1.82, 2.24) is 15.2 Å². The van der Waals surface area contributed by atoms with Crippen molar-refractivity contribution in [2.75, 3.05) is 38.2 Å². The van der Waals surface area contributed by atoms with Gasteiger partial charge in [-0.1, -0.05) is 6.07 Å². The molecule has 4 rings (SSSR count). The molecule has 0 unspecified atom stereocenters. The third kappa shape index (κ3) is 3.32. The minimum Gasteiger partial charge on any atom is -0.493 e. The van der Waals surface area contributed by atoms with Crippen molar-refractivity contribution in [3.63, 3.8) is 0 Å². The van der Waals surface area contributed by atoms with Gasteiger partial charge in [0.15, 0.2) is 11.5 Å². The van der Waals surface area contributed by atoms with Crippen LogP contribution in [0.1, 0.15) is 5.56 Å². The quantitative estimate of drug-likeness (QED) is 0.680. The van der Waals surface area contributed by atoms with Crippen LogP contribution in [0.4, 0.5) is 21.0 Å². The third-order valence-electron chi connectivity index (χ3n) is 4.93. The fourth-order valence-corrected chi connectivity index (χ4v) is 3.50. The lowest BCUT2D eigenvalue weighted by Crippen LogP contribution is -2.43. The number of anilines is 2. The van der Waals surface area contributed by atoms with Crippen molar-refractivity contribution < 1.29 is 23.8 Å². The maximum absolute atomic E-state index is 12.7. The van der Waals surface area contributed by atoms with Crippen molar-refractivity contribution in [2.45, 2.75) is 6.42 Å². The van der Waals surface area contributed by atoms with Crippen LogP contribution in [-0.4, -0.2) is 49.8 Å². The first-order chi connectivity index (χ1) is 14.5. The van der Waals surface area contributed by atoms with Crippen molar-refractivity contribution >= 4 is 34.4 Å². The Morgan fingerprint density at radius 1 is 1.10 bits per heavy atom. The summed E-state index contributed by atoms with van der Waals surface area (Å²) in [6, 6.07) is 8.51. The zero-order valence-electron chi connectivity index (χ0n) is 16.8. The highest BCUT2D eigenvalue weighted by atomic mass is 16.5. The standard InChI is InChI=1S/C20H21N5O5/c1-28-17-9-12-7-8-24(16(12)10-18(17)29-2)23-19(26)22-14-5-4-6-15-13(14)11-21-25(15)20(27)30-3/h4-6,9-11H,7-8H2,1-3H3,(H2,22,23,26). The molecule has 3 aromatic rings. The predicted octanol–water partition coefficient (Wildman–Crippen LogP) is 2.77. The van der Waals surface area contributed by atoms with Gasteiger partial charge in [0.05, 0.1) is 44.4 Å². The molecule has 30 heavy (non-hydrogen) atoms. The Balaban J connectivity index is 1.53. The van der Waals surface area contributed by atoms with Crippen LogP contribution < -0.4 is 25.2 Å². The van der Waals surface area contributed by atoms with Crippen molar-refractivity contribution in [2.24, 2.45) is 0 Å². The number of hydrogen-bond acceptors (Lipinski definition) is 7. The maximum Gasteiger partial charge on any atom is 0.434 e. The van der Waals surface area contributed by atoms with Gasteiger partial charge in [0.2, 0.25) is 0 Å². The van der Waals surface area contributed by atoms with Crippen LogP contribution in [-0.2, 0) is 11.2 Å². The van der Waals surface area contributed by atoms with Gasteiger partial charge >= 0.3 is 12.1 Å². The van der Waals surface area contributed by atoms with Crippen LogP contribution in [0, 0.1) is 0 Å². The van der Waals surface area contributed by atoms with Gasteiger partial charge < -0.3 is 19.5 Å². The molecule has 1 aliphatic rings. The molecule has 1 aromatic heterocycles. The Morgan fingerprint density at radius 2 is 1.87 bits per heavy atom. The molecule has 2 aromatic carbocycles. The first-order valence-corrected chi connectivity index (χ1v) is 9.21. The number of methoxy groups -OCH3 is 3. The normalized spacial score (nSPS) is 12.4. The number of nitrogens with zero attached hydrogens (tertiary/aromatic N) is 3. The van der Waals surface area contributed by atoms with E-state index in [0.29, 0.717) is 34.6 Å². The van der Waals surface area contributed by atoms with Crippen LogP contribution in [0.25, 0.3) is 10.9 Å². The van der Waals surface area contributed by atoms with Gasteiger partial charge in [0, 0.05) is 18.0 Å². The highest BCUT2D eigenvalue weighted by Crippen LogP contribution is 2.37. The molecule has 1 aliphatic heterocycles. The third-order valence-corrected chi connectivity index (χ3v) is 4.93. The summed E-state index contributed by atoms with van der Waals surface area (Å²) in [7, 11) is 4.44. The van der Waals surface area contributed by atoms with Crippen molar-refractivity contribution in [3.05, 3.63) is 42.1 Å². The fraction of sp³-hybridized carbons (Fsp3) is 0.250. The van der Waals surface area contributed by atoms with E-state index < -0.39 is 12.1 Å². The number of hydrogen-bond donors (Lipinski definition) is 2. The summed E-state index contributed by atoms with van der Waals surface area (Å²) >= 11 is 0. The van der Waals surface area contributed by atoms with Gasteiger partial charge in [0.1, 0.15) is 0 Å². The maximum atomic E-state index is 12.7. The molecule has 2 N–H and O–H groups in total. The van der Waals surface area contributed by atoms with Gasteiger partial charge in [-0.25, -0.2) is 15.0 Å². The lowest BCUT2D eigenvalue weighted by molar-refractivity contribution is 0.170. The van der Waals surface area contributed by atoms with Crippen LogP contribution in [0.5, 0.6) is 11.5 Å². The van der Waals surface area contributed by atoms with E-state index in [9.17, 15) is 9.59 Å². The summed E-state index contributed by atoms with van der Waals surface area (Å²) in [6.07, 6.45) is 1.66. The summed E-state index contributed by atoms with van der Waals surface area (Å²) in [4.78, 5) is 24.5. The largest absolute Gasteiger partial charge is 0.493 e. The molecule has 0 spiro atoms. The Kier molecular flexibility index (Phi) is 5.05. The number of rotatable bonds is 4. The SMILES string of the molecule is COC(=O)n1ncc2c(NC(=O)NN3CCc4cc(OC)c(OC)cc43)cccc21. The van der Waals surface area contributed by atoms with Crippen molar-refractivity contribution in [3.8, 4) is 11.5 Å². The average Bonchev–Trinajstić information content (AvgIpc) is 3.36. The monoisotopic (exact) mass is 411 g/mol.